The molecule has 0 radical (unpaired) electrons. The number of benzene rings is 1. The molecule has 0 atom stereocenters. The van der Waals surface area contributed by atoms with E-state index in [1.807, 2.05) is 0 Å². The number of hydrogen-bond acceptors (Lipinski definition) is 6. The molecule has 0 aliphatic rings. The Balaban J connectivity index is 0.00000242. The smallest absolute Gasteiger partial charge is 0.864 e. The van der Waals surface area contributed by atoms with E-state index in [0.29, 0.717) is 11.4 Å². The van der Waals surface area contributed by atoms with E-state index in [4.69, 9.17) is 21.2 Å². The largest absolute Gasteiger partial charge is 1.00 e. The van der Waals surface area contributed by atoms with E-state index >= 15 is 0 Å². The van der Waals surface area contributed by atoms with E-state index in [9.17, 15) is 13.5 Å². The van der Waals surface area contributed by atoms with Gasteiger partial charge in [-0.1, -0.05) is 23.8 Å². The maximum Gasteiger partial charge on any atom is 1.00 e. The van der Waals surface area contributed by atoms with Gasteiger partial charge in [0.1, 0.15) is 10.7 Å². The van der Waals surface area contributed by atoms with Gasteiger partial charge in [0, 0.05) is 11.3 Å². The summed E-state index contributed by atoms with van der Waals surface area (Å²) in [5.41, 5.74) is 0.314. The van der Waals surface area contributed by atoms with Crippen molar-refractivity contribution in [1.29, 1.82) is 0 Å². The first kappa shape index (κ1) is 19.4. The number of halogens is 1. The molecule has 6 nitrogen and oxygen atoms in total. The zero-order valence-electron chi connectivity index (χ0n) is 11.5. The maximum atomic E-state index is 11.5. The van der Waals surface area contributed by atoms with Crippen LogP contribution in [0, 0.1) is 0 Å². The summed E-state index contributed by atoms with van der Waals surface area (Å²) in [7, 11) is -4.04. The second-order valence-electron chi connectivity index (χ2n) is 4.09. The van der Waals surface area contributed by atoms with Gasteiger partial charge in [-0.15, -0.1) is 0 Å². The van der Waals surface area contributed by atoms with Crippen LogP contribution < -0.4 is 45.1 Å². The van der Waals surface area contributed by atoms with Gasteiger partial charge in [-0.2, -0.15) is 0 Å². The molecule has 0 unspecified atom stereocenters. The van der Waals surface area contributed by atoms with Crippen molar-refractivity contribution in [3.63, 3.8) is 0 Å². The summed E-state index contributed by atoms with van der Waals surface area (Å²) in [5, 5.41) is 18.6. The van der Waals surface area contributed by atoms with Gasteiger partial charge in [0.25, 0.3) is 0 Å². The van der Waals surface area contributed by atoms with E-state index in [0.717, 1.165) is 6.07 Å². The number of thiocarbonyl (C=S) groups is 1. The molecule has 0 aliphatic carbocycles. The number of hydrogen-bond donors (Lipinski definition) is 2. The van der Waals surface area contributed by atoms with Crippen LogP contribution in [0.5, 0.6) is 0 Å². The van der Waals surface area contributed by atoms with Crippen LogP contribution in [-0.4, -0.2) is 13.5 Å². The summed E-state index contributed by atoms with van der Waals surface area (Å²) in [6.45, 7) is 0.285. The van der Waals surface area contributed by atoms with Gasteiger partial charge in [0.15, 0.2) is 0 Å². The van der Waals surface area contributed by atoms with Crippen molar-refractivity contribution in [2.24, 2.45) is 5.14 Å². The summed E-state index contributed by atoms with van der Waals surface area (Å²) >= 11 is 10.5. The Labute approximate surface area is 160 Å². The molecule has 2 aromatic rings. The number of nitrogens with two attached hydrogens (primary N) is 1. The van der Waals surface area contributed by atoms with Crippen LogP contribution in [0.2, 0.25) is 5.02 Å². The monoisotopic (exact) mass is 368 g/mol. The van der Waals surface area contributed by atoms with E-state index in [-0.39, 0.29) is 51.6 Å². The van der Waals surface area contributed by atoms with Gasteiger partial charge in [0.2, 0.25) is 10.0 Å². The zero-order valence-corrected chi connectivity index (χ0v) is 15.9. The van der Waals surface area contributed by atoms with Gasteiger partial charge >= 0.3 is 29.6 Å². The molecule has 0 amide bonds. The molecule has 0 saturated heterocycles. The number of sulfonamides is 1. The molecular weight excluding hydrogens is 359 g/mol. The van der Waals surface area contributed by atoms with Crippen LogP contribution in [0.1, 0.15) is 11.3 Å². The first-order chi connectivity index (χ1) is 9.79. The molecule has 1 aromatic heterocycles. The minimum Gasteiger partial charge on any atom is -0.864 e. The van der Waals surface area contributed by atoms with Crippen molar-refractivity contribution in [2.75, 3.05) is 5.32 Å². The predicted octanol–water partition coefficient (Wildman–Crippen LogP) is -1.77. The zero-order chi connectivity index (χ0) is 15.6. The van der Waals surface area contributed by atoms with Crippen LogP contribution in [0.3, 0.4) is 0 Å². The predicted molar refractivity (Wildman–Crippen MR) is 80.6 cm³/mol. The third kappa shape index (κ3) is 4.69. The summed E-state index contributed by atoms with van der Waals surface area (Å²) in [5.74, 6) is 0.629. The molecule has 22 heavy (non-hydrogen) atoms. The Morgan fingerprint density at radius 1 is 1.45 bits per heavy atom. The summed E-state index contributed by atoms with van der Waals surface area (Å²) < 4.78 is 27.9. The van der Waals surface area contributed by atoms with Crippen molar-refractivity contribution >= 4 is 44.6 Å². The van der Waals surface area contributed by atoms with Gasteiger partial charge in [-0.05, 0) is 29.3 Å². The van der Waals surface area contributed by atoms with E-state index < -0.39 is 15.1 Å². The first-order valence-corrected chi connectivity index (χ1v) is 7.96. The summed E-state index contributed by atoms with van der Waals surface area (Å²) in [6.07, 6.45) is 1.51. The van der Waals surface area contributed by atoms with Crippen LogP contribution in [0.25, 0.3) is 0 Å². The van der Waals surface area contributed by atoms with Gasteiger partial charge < -0.3 is 14.8 Å². The van der Waals surface area contributed by atoms with Gasteiger partial charge in [-0.3, -0.25) is 0 Å². The van der Waals surface area contributed by atoms with Crippen LogP contribution >= 0.6 is 23.8 Å². The molecule has 0 saturated carbocycles. The third-order valence-corrected chi connectivity index (χ3v) is 4.23. The average molecular weight is 369 g/mol. The first-order valence-electron chi connectivity index (χ1n) is 5.63. The molecule has 112 valence electrons. The van der Waals surface area contributed by atoms with Crippen LogP contribution in [0.4, 0.5) is 5.69 Å². The average Bonchev–Trinajstić information content (AvgIpc) is 2.87. The number of rotatable bonds is 5. The van der Waals surface area contributed by atoms with Crippen LogP contribution in [-0.2, 0) is 16.6 Å². The standard InChI is InChI=1S/C12H11ClN2O4S2.Na/c13-9-5-10(15-6-7-2-1-3-19-7)8(12(16)20)4-11(9)21(14,17)18;/h1-5,15H,6H2,(H,16,20)(H2,14,17,18);/q;+1/p-1. The van der Waals surface area contributed by atoms with E-state index in [2.05, 4.69) is 17.5 Å². The Hall–Kier alpha value is -0.610. The Morgan fingerprint density at radius 2 is 2.14 bits per heavy atom. The molecule has 0 aliphatic heterocycles. The summed E-state index contributed by atoms with van der Waals surface area (Å²) in [6, 6.07) is 5.82. The van der Waals surface area contributed by atoms with Crippen molar-refractivity contribution < 1.29 is 47.5 Å². The number of anilines is 1. The van der Waals surface area contributed by atoms with Crippen molar-refractivity contribution in [1.82, 2.24) is 0 Å². The Bertz CT molecular complexity index is 779. The van der Waals surface area contributed by atoms with Crippen LogP contribution in [0.15, 0.2) is 39.8 Å². The van der Waals surface area contributed by atoms with Gasteiger partial charge in [0.05, 0.1) is 17.8 Å². The topological polar surface area (TPSA) is 108 Å². The number of nitrogens with one attached hydrogen (secondary N) is 1. The second-order valence-corrected chi connectivity index (χ2v) is 6.40. The minimum atomic E-state index is -4.04. The minimum absolute atomic E-state index is 0. The molecule has 0 spiro atoms. The number of primary sulfonamides is 1. The molecule has 2 rings (SSSR count). The van der Waals surface area contributed by atoms with E-state index in [1.54, 1.807) is 12.1 Å². The maximum absolute atomic E-state index is 11.5. The molecular formula is C12H10ClN2NaO4S2. The molecule has 3 N–H and O–H groups in total. The van der Waals surface area contributed by atoms with Crippen molar-refractivity contribution in [3.8, 4) is 0 Å². The second kappa shape index (κ2) is 7.78. The SMILES string of the molecule is NS(=O)(=O)c1cc(C([O-])=S)c(NCc2ccco2)cc1Cl.[Na+]. The Morgan fingerprint density at radius 3 is 2.64 bits per heavy atom. The fourth-order valence-corrected chi connectivity index (χ4v) is 2.95. The summed E-state index contributed by atoms with van der Waals surface area (Å²) in [4.78, 5) is -0.346. The van der Waals surface area contributed by atoms with Crippen molar-refractivity contribution in [2.45, 2.75) is 11.4 Å². The fourth-order valence-electron chi connectivity index (χ4n) is 1.68. The third-order valence-electron chi connectivity index (χ3n) is 2.63. The Kier molecular flexibility index (Phi) is 6.87. The molecule has 0 fully saturated rings. The van der Waals surface area contributed by atoms with E-state index in [1.165, 1.54) is 12.3 Å². The molecule has 1 heterocycles. The quantitative estimate of drug-likeness (QED) is 0.478. The van der Waals surface area contributed by atoms with Gasteiger partial charge in [-0.25, -0.2) is 13.6 Å². The molecule has 1 aromatic carbocycles. The fraction of sp³-hybridized carbons (Fsp3) is 0.0833. The number of furan rings is 1. The normalized spacial score (nSPS) is 10.8. The molecule has 10 heteroatoms. The van der Waals surface area contributed by atoms with Crippen molar-refractivity contribution in [3.05, 3.63) is 46.9 Å². The molecule has 0 bridgehead atoms.